The molecular weight excluding hydrogens is 342 g/mol. The zero-order valence-electron chi connectivity index (χ0n) is 22.0. The summed E-state index contributed by atoms with van der Waals surface area (Å²) < 4.78 is 68.6. The maximum Gasteiger partial charge on any atom is 0.407 e. The van der Waals surface area contributed by atoms with Gasteiger partial charge in [-0.15, -0.1) is 0 Å². The molecule has 2 fully saturated rings. The zero-order valence-corrected chi connectivity index (χ0v) is 14.8. The van der Waals surface area contributed by atoms with Crippen LogP contribution >= 0.6 is 11.6 Å². The summed E-state index contributed by atoms with van der Waals surface area (Å²) in [6.07, 6.45) is -6.49. The Balaban J connectivity index is 2.42. The second-order valence-corrected chi connectivity index (χ2v) is 7.22. The van der Waals surface area contributed by atoms with Gasteiger partial charge in [-0.2, -0.15) is 0 Å². The summed E-state index contributed by atoms with van der Waals surface area (Å²) in [6, 6.07) is 3.05. The van der Waals surface area contributed by atoms with Crippen LogP contribution in [0.1, 0.15) is 54.7 Å². The molecule has 1 aromatic carbocycles. The van der Waals surface area contributed by atoms with Crippen LogP contribution in [0.15, 0.2) is 24.3 Å². The minimum Gasteiger partial charge on any atom is -0.465 e. The molecule has 3 rings (SSSR count). The highest BCUT2D eigenvalue weighted by Gasteiger charge is 2.56. The van der Waals surface area contributed by atoms with E-state index in [9.17, 15) is 16.1 Å². The summed E-state index contributed by atoms with van der Waals surface area (Å²) in [4.78, 5) is 26.0. The fraction of sp³-hybridized carbons (Fsp3) is 0.556. The van der Waals surface area contributed by atoms with Crippen molar-refractivity contribution in [1.82, 2.24) is 15.1 Å². The molecule has 0 saturated carbocycles. The number of benzene rings is 1. The molecule has 136 valence electrons. The summed E-state index contributed by atoms with van der Waals surface area (Å²) in [7, 11) is 0. The van der Waals surface area contributed by atoms with E-state index in [1.54, 1.807) is 0 Å². The van der Waals surface area contributed by atoms with Crippen LogP contribution in [0.3, 0.4) is 0 Å². The first-order valence-electron chi connectivity index (χ1n) is 11.6. The van der Waals surface area contributed by atoms with Gasteiger partial charge in [-0.1, -0.05) is 23.7 Å². The van der Waals surface area contributed by atoms with Gasteiger partial charge in [-0.25, -0.2) is 4.79 Å². The van der Waals surface area contributed by atoms with Gasteiger partial charge < -0.3 is 15.3 Å². The highest BCUT2D eigenvalue weighted by Crippen LogP contribution is 2.44. The number of nitrogens with one attached hydrogen (secondary N) is 1. The minimum absolute atomic E-state index is 0.0125. The van der Waals surface area contributed by atoms with E-state index in [1.807, 2.05) is 0 Å². The summed E-state index contributed by atoms with van der Waals surface area (Å²) in [6.45, 7) is -1.99. The number of hydrogen-bond donors (Lipinski definition) is 2. The third-order valence-corrected chi connectivity index (χ3v) is 4.17. The molecule has 0 aliphatic carbocycles. The van der Waals surface area contributed by atoms with E-state index in [0.29, 0.717) is 5.02 Å². The van der Waals surface area contributed by atoms with E-state index in [1.165, 1.54) is 45.0 Å². The van der Waals surface area contributed by atoms with Gasteiger partial charge in [-0.05, 0) is 38.5 Å². The zero-order chi connectivity index (χ0) is 25.6. The molecule has 2 amide bonds. The highest BCUT2D eigenvalue weighted by molar-refractivity contribution is 6.30. The van der Waals surface area contributed by atoms with Crippen molar-refractivity contribution in [3.63, 3.8) is 0 Å². The van der Waals surface area contributed by atoms with Crippen molar-refractivity contribution in [1.29, 1.82) is 0 Å². The number of hydrogen-bond acceptors (Lipinski definition) is 3. The van der Waals surface area contributed by atoms with Crippen LogP contribution < -0.4 is 5.31 Å². The molecule has 2 aliphatic rings. The van der Waals surface area contributed by atoms with E-state index in [4.69, 9.17) is 21.2 Å². The van der Waals surface area contributed by atoms with Gasteiger partial charge in [0.2, 0.25) is 5.91 Å². The smallest absolute Gasteiger partial charge is 0.407 e. The fourth-order valence-electron chi connectivity index (χ4n) is 3.04. The molecule has 6 nitrogen and oxygen atoms in total. The third kappa shape index (κ3) is 3.20. The van der Waals surface area contributed by atoms with Gasteiger partial charge in [0.25, 0.3) is 0 Å². The van der Waals surface area contributed by atoms with Crippen molar-refractivity contribution in [2.75, 3.05) is 13.0 Å². The number of amides is 2. The quantitative estimate of drug-likeness (QED) is 0.793. The monoisotopic (exact) mass is 373 g/mol. The number of carbonyl (C=O) groups excluding carboxylic acids is 1. The Hall–Kier alpha value is -1.79. The van der Waals surface area contributed by atoms with E-state index in [0.717, 1.165) is 4.90 Å². The molecule has 0 bridgehead atoms. The topological polar surface area (TPSA) is 72.9 Å². The predicted molar refractivity (Wildman–Crippen MR) is 95.5 cm³/mol. The van der Waals surface area contributed by atoms with Crippen molar-refractivity contribution >= 4 is 23.6 Å². The largest absolute Gasteiger partial charge is 0.465 e. The molecule has 7 heteroatoms. The van der Waals surface area contributed by atoms with E-state index < -0.39 is 55.0 Å². The first-order valence-corrected chi connectivity index (χ1v) is 8.02. The predicted octanol–water partition coefficient (Wildman–Crippen LogP) is 3.08. The molecule has 1 spiro atoms. The van der Waals surface area contributed by atoms with Gasteiger partial charge in [0.15, 0.2) is 1.41 Å². The number of likely N-dealkylation sites (tertiary alicyclic amines) is 1. The van der Waals surface area contributed by atoms with Crippen LogP contribution in [0.25, 0.3) is 0 Å². The Bertz CT molecular complexity index is 1000. The standard InChI is InChI=1S/C18H24ClN3O3/c1-17(2,3)22-14(12-4-6-13(19)7-5-12)15(23)20-18(22)8-10-21(11-9-18)16(24)25/h4-7,14H,8-11H2,1-3H3,(H,20,23)(H,24,25)/i8D2,10D2,11D2,14D/hD. The van der Waals surface area contributed by atoms with Gasteiger partial charge >= 0.3 is 6.09 Å². The molecule has 0 radical (unpaired) electrons. The maximum atomic E-state index is 13.5. The number of rotatable bonds is 1. The fourth-order valence-corrected chi connectivity index (χ4v) is 3.16. The number of carboxylic acid groups (broad SMARTS) is 1. The third-order valence-electron chi connectivity index (χ3n) is 3.91. The molecule has 2 N–H and O–H groups in total. The molecule has 2 atom stereocenters. The Morgan fingerprint density at radius 1 is 1.44 bits per heavy atom. The number of nitrogens with zero attached hydrogens (tertiary/aromatic N) is 2. The van der Waals surface area contributed by atoms with Gasteiger partial charge in [0.1, 0.15) is 6.02 Å². The van der Waals surface area contributed by atoms with E-state index in [-0.39, 0.29) is 15.8 Å². The molecule has 0 aromatic heterocycles. The van der Waals surface area contributed by atoms with Gasteiger partial charge in [0, 0.05) is 44.6 Å². The summed E-state index contributed by atoms with van der Waals surface area (Å²) in [5.41, 5.74) is -3.97. The normalized spacial score (nSPS) is 41.7. The molecule has 2 heterocycles. The second-order valence-electron chi connectivity index (χ2n) is 6.78. The van der Waals surface area contributed by atoms with Crippen molar-refractivity contribution in [2.45, 2.75) is 50.8 Å². The number of piperidine rings is 1. The van der Waals surface area contributed by atoms with E-state index >= 15 is 0 Å². The van der Waals surface area contributed by atoms with Crippen LogP contribution in [0, 0.1) is 0 Å². The van der Waals surface area contributed by atoms with Crippen LogP contribution in [0.2, 0.25) is 6.43 Å². The average Bonchev–Trinajstić information content (AvgIpc) is 2.79. The first-order chi connectivity index (χ1) is 14.7. The average molecular weight is 374 g/mol. The Labute approximate surface area is 164 Å². The van der Waals surface area contributed by atoms with Crippen molar-refractivity contribution in [2.24, 2.45) is 0 Å². The minimum atomic E-state index is -3.52. The first kappa shape index (κ1) is 10.4. The number of halogens is 1. The Kier molecular flexibility index (Phi) is 2.57. The highest BCUT2D eigenvalue weighted by atomic mass is 35.5. The lowest BCUT2D eigenvalue weighted by molar-refractivity contribution is -0.122. The SMILES string of the molecule is [2H]N1C(=O)C([2H])(c2ccc(Cl)cc2)N(C(C)(C)C)C12CC([2H])([2H])N(C(=O)O)C([2H])([2H])C2([2H])[2H]. The number of carbonyl (C=O) groups is 2. The maximum absolute atomic E-state index is 13.5. The van der Waals surface area contributed by atoms with Crippen LogP contribution in [-0.2, 0) is 4.79 Å². The van der Waals surface area contributed by atoms with Crippen LogP contribution in [0.4, 0.5) is 4.79 Å². The molecule has 25 heavy (non-hydrogen) atoms. The second kappa shape index (κ2) is 6.18. The molecule has 1 aromatic rings. The Morgan fingerprint density at radius 2 is 2.08 bits per heavy atom. The molecule has 2 unspecified atom stereocenters. The van der Waals surface area contributed by atoms with Crippen molar-refractivity contribution < 1.29 is 25.7 Å². The summed E-state index contributed by atoms with van der Waals surface area (Å²) in [5, 5.41) is 9.91. The molecule has 2 saturated heterocycles. The lowest BCUT2D eigenvalue weighted by Gasteiger charge is -2.50. The summed E-state index contributed by atoms with van der Waals surface area (Å²) >= 11 is 5.94. The lowest BCUT2D eigenvalue weighted by Crippen LogP contribution is -2.63. The molecule has 2 aliphatic heterocycles. The van der Waals surface area contributed by atoms with Crippen LogP contribution in [0.5, 0.6) is 0 Å². The summed E-state index contributed by atoms with van der Waals surface area (Å²) in [5.74, 6) is -1.24. The van der Waals surface area contributed by atoms with Crippen LogP contribution in [-0.4, -0.2) is 51.1 Å². The van der Waals surface area contributed by atoms with Gasteiger partial charge in [-0.3, -0.25) is 9.69 Å². The van der Waals surface area contributed by atoms with Crippen molar-refractivity contribution in [3.8, 4) is 0 Å². The van der Waals surface area contributed by atoms with Gasteiger partial charge in [0.05, 0.1) is 7.03 Å². The van der Waals surface area contributed by atoms with Crippen molar-refractivity contribution in [3.05, 3.63) is 34.9 Å². The lowest BCUT2D eigenvalue weighted by atomic mass is 9.89. The van der Waals surface area contributed by atoms with E-state index in [2.05, 4.69) is 0 Å². The Morgan fingerprint density at radius 3 is 2.64 bits per heavy atom. The molecular formula is C18H24ClN3O3.